The minimum Gasteiger partial charge on any atom is -0.464 e. The fraction of sp³-hybridized carbons (Fsp3) is 0.304. The van der Waals surface area contributed by atoms with Crippen molar-refractivity contribution >= 4 is 33.7 Å². The molecule has 1 unspecified atom stereocenters. The molecule has 0 radical (unpaired) electrons. The molecule has 1 heterocycles. The molecule has 0 aliphatic heterocycles. The lowest BCUT2D eigenvalue weighted by molar-refractivity contribution is -0.147. The number of benzene rings is 2. The zero-order valence-corrected chi connectivity index (χ0v) is 16.6. The monoisotopic (exact) mass is 378 g/mol. The molecular weight excluding hydrogens is 352 g/mol. The van der Waals surface area contributed by atoms with Crippen LogP contribution in [-0.2, 0) is 34.2 Å². The number of ether oxygens (including phenoxy) is 1. The second kappa shape index (κ2) is 8.30. The summed E-state index contributed by atoms with van der Waals surface area (Å²) in [5.74, 6) is -0.664. The Morgan fingerprint density at radius 1 is 1.14 bits per heavy atom. The Labute approximate surface area is 165 Å². The summed E-state index contributed by atoms with van der Waals surface area (Å²) in [5.41, 5.74) is 4.47. The van der Waals surface area contributed by atoms with Gasteiger partial charge in [-0.05, 0) is 48.7 Å². The zero-order valence-electron chi connectivity index (χ0n) is 16.6. The minimum absolute atomic E-state index is 0.252. The topological polar surface area (TPSA) is 60.3 Å². The lowest BCUT2D eigenvalue weighted by Gasteiger charge is -2.16. The molecule has 5 nitrogen and oxygen atoms in total. The maximum Gasteiger partial charge on any atom is 0.328 e. The number of amides is 1. The predicted octanol–water partition coefficient (Wildman–Crippen LogP) is 3.67. The van der Waals surface area contributed by atoms with Gasteiger partial charge in [0, 0.05) is 42.2 Å². The molecule has 0 saturated carbocycles. The quantitative estimate of drug-likeness (QED) is 0.504. The summed E-state index contributed by atoms with van der Waals surface area (Å²) in [6, 6.07) is 11.9. The molecule has 1 N–H and O–H groups in total. The van der Waals surface area contributed by atoms with Gasteiger partial charge < -0.3 is 14.6 Å². The van der Waals surface area contributed by atoms with Crippen molar-refractivity contribution < 1.29 is 14.3 Å². The van der Waals surface area contributed by atoms with Crippen molar-refractivity contribution in [3.63, 3.8) is 0 Å². The smallest absolute Gasteiger partial charge is 0.328 e. The molecule has 0 fully saturated rings. The van der Waals surface area contributed by atoms with Gasteiger partial charge in [0.05, 0.1) is 6.61 Å². The van der Waals surface area contributed by atoms with Crippen LogP contribution < -0.4 is 5.32 Å². The van der Waals surface area contributed by atoms with E-state index in [-0.39, 0.29) is 12.5 Å². The number of aromatic nitrogens is 1. The van der Waals surface area contributed by atoms with Crippen molar-refractivity contribution in [1.82, 2.24) is 9.88 Å². The van der Waals surface area contributed by atoms with Gasteiger partial charge in [-0.15, -0.1) is 6.58 Å². The first-order chi connectivity index (χ1) is 13.4. The number of nitrogens with zero attached hydrogens (tertiary/aromatic N) is 1. The van der Waals surface area contributed by atoms with E-state index < -0.39 is 12.0 Å². The van der Waals surface area contributed by atoms with Gasteiger partial charge in [0.2, 0.25) is 5.91 Å². The minimum atomic E-state index is -0.693. The van der Waals surface area contributed by atoms with Crippen LogP contribution in [0, 0.1) is 0 Å². The molecule has 0 saturated heterocycles. The Hall–Kier alpha value is -3.08. The largest absolute Gasteiger partial charge is 0.464 e. The van der Waals surface area contributed by atoms with E-state index in [0.29, 0.717) is 6.42 Å². The van der Waals surface area contributed by atoms with Crippen molar-refractivity contribution in [1.29, 1.82) is 0 Å². The molecule has 1 amide bonds. The zero-order chi connectivity index (χ0) is 20.3. The number of aryl methyl sites for hydroxylation is 1. The second-order valence-corrected chi connectivity index (χ2v) is 6.96. The van der Waals surface area contributed by atoms with Crippen molar-refractivity contribution in [2.75, 3.05) is 6.61 Å². The average Bonchev–Trinajstić information content (AvgIpc) is 2.93. The van der Waals surface area contributed by atoms with Gasteiger partial charge in [-0.3, -0.25) is 4.79 Å². The van der Waals surface area contributed by atoms with Gasteiger partial charge in [-0.1, -0.05) is 18.2 Å². The SMILES string of the molecule is C=CCc1ccc2c(c1)c1cc(CC(NC(C)=O)C(=O)OCC)ccc1n2C. The third-order valence-electron chi connectivity index (χ3n) is 4.90. The number of rotatable bonds is 7. The van der Waals surface area contributed by atoms with E-state index in [1.807, 2.05) is 12.1 Å². The maximum absolute atomic E-state index is 12.2. The Morgan fingerprint density at radius 3 is 2.32 bits per heavy atom. The van der Waals surface area contributed by atoms with Gasteiger partial charge in [0.25, 0.3) is 0 Å². The van der Waals surface area contributed by atoms with Crippen LogP contribution in [0.25, 0.3) is 21.8 Å². The van der Waals surface area contributed by atoms with Crippen molar-refractivity contribution in [3.05, 3.63) is 60.2 Å². The molecule has 146 valence electrons. The van der Waals surface area contributed by atoms with Gasteiger partial charge in [0.1, 0.15) is 6.04 Å². The highest BCUT2D eigenvalue weighted by Crippen LogP contribution is 2.30. The highest BCUT2D eigenvalue weighted by atomic mass is 16.5. The summed E-state index contributed by atoms with van der Waals surface area (Å²) in [4.78, 5) is 23.7. The number of hydrogen-bond acceptors (Lipinski definition) is 3. The summed E-state index contributed by atoms with van der Waals surface area (Å²) in [6.07, 6.45) is 3.10. The molecule has 0 bridgehead atoms. The first-order valence-electron chi connectivity index (χ1n) is 9.49. The summed E-state index contributed by atoms with van der Waals surface area (Å²) in [6.45, 7) is 7.26. The number of nitrogens with one attached hydrogen (secondary N) is 1. The molecule has 28 heavy (non-hydrogen) atoms. The average molecular weight is 378 g/mol. The standard InChI is InChI=1S/C23H26N2O3/c1-5-7-16-8-10-21-18(12-16)19-13-17(9-11-22(19)25(21)4)14-20(24-15(3)26)23(27)28-6-2/h5,8-13,20H,1,6-7,14H2,2-4H3,(H,24,26). The number of hydrogen-bond donors (Lipinski definition) is 1. The summed E-state index contributed by atoms with van der Waals surface area (Å²) < 4.78 is 7.28. The molecule has 3 rings (SSSR count). The fourth-order valence-electron chi connectivity index (χ4n) is 3.65. The lowest BCUT2D eigenvalue weighted by atomic mass is 10.0. The van der Waals surface area contributed by atoms with Crippen LogP contribution in [0.2, 0.25) is 0 Å². The van der Waals surface area contributed by atoms with Crippen LogP contribution in [-0.4, -0.2) is 29.1 Å². The number of allylic oxidation sites excluding steroid dienone is 1. The Kier molecular flexibility index (Phi) is 5.83. The highest BCUT2D eigenvalue weighted by Gasteiger charge is 2.21. The lowest BCUT2D eigenvalue weighted by Crippen LogP contribution is -2.42. The number of esters is 1. The number of carbonyl (C=O) groups is 2. The number of carbonyl (C=O) groups excluding carboxylic acids is 2. The number of fused-ring (bicyclic) bond motifs is 3. The van der Waals surface area contributed by atoms with Crippen LogP contribution in [0.4, 0.5) is 0 Å². The summed E-state index contributed by atoms with van der Waals surface area (Å²) in [7, 11) is 2.05. The van der Waals surface area contributed by atoms with E-state index in [4.69, 9.17) is 4.74 Å². The predicted molar refractivity (Wildman–Crippen MR) is 112 cm³/mol. The summed E-state index contributed by atoms with van der Waals surface area (Å²) >= 11 is 0. The second-order valence-electron chi connectivity index (χ2n) is 6.96. The highest BCUT2D eigenvalue weighted by molar-refractivity contribution is 6.08. The third-order valence-corrected chi connectivity index (χ3v) is 4.90. The first kappa shape index (κ1) is 19.7. The van der Waals surface area contributed by atoms with E-state index >= 15 is 0 Å². The molecule has 5 heteroatoms. The van der Waals surface area contributed by atoms with E-state index in [1.54, 1.807) is 6.92 Å². The van der Waals surface area contributed by atoms with Crippen LogP contribution in [0.5, 0.6) is 0 Å². The van der Waals surface area contributed by atoms with Crippen LogP contribution >= 0.6 is 0 Å². The molecule has 1 atom stereocenters. The first-order valence-corrected chi connectivity index (χ1v) is 9.49. The summed E-state index contributed by atoms with van der Waals surface area (Å²) in [5, 5.41) is 5.00. The normalized spacial score (nSPS) is 12.1. The molecule has 1 aromatic heterocycles. The van der Waals surface area contributed by atoms with E-state index in [0.717, 1.165) is 28.4 Å². The third kappa shape index (κ3) is 3.93. The Balaban J connectivity index is 2.03. The fourth-order valence-corrected chi connectivity index (χ4v) is 3.65. The van der Waals surface area contributed by atoms with E-state index in [1.165, 1.54) is 17.9 Å². The molecular formula is C23H26N2O3. The Morgan fingerprint density at radius 2 is 1.75 bits per heavy atom. The molecule has 0 aliphatic carbocycles. The van der Waals surface area contributed by atoms with Crippen molar-refractivity contribution in [3.8, 4) is 0 Å². The molecule has 0 aliphatic rings. The van der Waals surface area contributed by atoms with Crippen molar-refractivity contribution in [2.24, 2.45) is 7.05 Å². The maximum atomic E-state index is 12.2. The van der Waals surface area contributed by atoms with Gasteiger partial charge in [-0.2, -0.15) is 0 Å². The molecule has 3 aromatic rings. The van der Waals surface area contributed by atoms with Gasteiger partial charge >= 0.3 is 5.97 Å². The van der Waals surface area contributed by atoms with Gasteiger partial charge in [0.15, 0.2) is 0 Å². The van der Waals surface area contributed by atoms with E-state index in [2.05, 4.69) is 53.8 Å². The van der Waals surface area contributed by atoms with Crippen LogP contribution in [0.1, 0.15) is 25.0 Å². The molecule has 2 aromatic carbocycles. The van der Waals surface area contributed by atoms with E-state index in [9.17, 15) is 9.59 Å². The Bertz CT molecular complexity index is 1050. The van der Waals surface area contributed by atoms with Crippen molar-refractivity contribution in [2.45, 2.75) is 32.7 Å². The van der Waals surface area contributed by atoms with Gasteiger partial charge in [-0.25, -0.2) is 4.79 Å². The van der Waals surface area contributed by atoms with Crippen LogP contribution in [0.3, 0.4) is 0 Å². The molecule has 0 spiro atoms. The van der Waals surface area contributed by atoms with Crippen LogP contribution in [0.15, 0.2) is 49.1 Å².